The Morgan fingerprint density at radius 1 is 1.24 bits per heavy atom. The fourth-order valence-electron chi connectivity index (χ4n) is 1.83. The molecule has 0 saturated carbocycles. The van der Waals surface area contributed by atoms with Crippen LogP contribution in [0.2, 0.25) is 5.02 Å². The number of anilines is 1. The van der Waals surface area contributed by atoms with Gasteiger partial charge in [0.2, 0.25) is 0 Å². The van der Waals surface area contributed by atoms with Gasteiger partial charge in [0.1, 0.15) is 5.76 Å². The number of hydrogen-bond acceptors (Lipinski definition) is 6. The van der Waals surface area contributed by atoms with Gasteiger partial charge in [-0.25, -0.2) is 0 Å². The van der Waals surface area contributed by atoms with Crippen LogP contribution in [-0.2, 0) is 4.79 Å². The van der Waals surface area contributed by atoms with Crippen LogP contribution >= 0.6 is 11.6 Å². The molecule has 0 aliphatic rings. The van der Waals surface area contributed by atoms with E-state index in [0.717, 1.165) is 6.07 Å². The summed E-state index contributed by atoms with van der Waals surface area (Å²) in [4.78, 5) is 22.6. The van der Waals surface area contributed by atoms with E-state index in [1.54, 1.807) is 30.3 Å². The van der Waals surface area contributed by atoms with Crippen LogP contribution in [0.5, 0.6) is 0 Å². The molecule has 0 fully saturated rings. The van der Waals surface area contributed by atoms with Gasteiger partial charge in [0.25, 0.3) is 11.6 Å². The summed E-state index contributed by atoms with van der Waals surface area (Å²) in [6.07, 6.45) is 0. The molecule has 128 valence electrons. The van der Waals surface area contributed by atoms with E-state index in [9.17, 15) is 20.0 Å². The van der Waals surface area contributed by atoms with Crippen LogP contribution in [0.1, 0.15) is 6.92 Å². The molecule has 0 saturated heterocycles. The van der Waals surface area contributed by atoms with Crippen molar-refractivity contribution in [2.45, 2.75) is 6.92 Å². The van der Waals surface area contributed by atoms with Crippen molar-refractivity contribution in [2.24, 2.45) is 10.2 Å². The van der Waals surface area contributed by atoms with E-state index in [1.807, 2.05) is 0 Å². The number of carbonyl (C=O) groups is 1. The van der Waals surface area contributed by atoms with Crippen LogP contribution in [0.15, 0.2) is 70.2 Å². The molecule has 0 radical (unpaired) electrons. The number of nitrogens with zero attached hydrogens (tertiary/aromatic N) is 3. The summed E-state index contributed by atoms with van der Waals surface area (Å²) in [6, 6.07) is 12.4. The predicted molar refractivity (Wildman–Crippen MR) is 93.0 cm³/mol. The van der Waals surface area contributed by atoms with Gasteiger partial charge in [-0.2, -0.15) is 0 Å². The zero-order valence-corrected chi connectivity index (χ0v) is 13.8. The van der Waals surface area contributed by atoms with Crippen molar-refractivity contribution in [2.75, 3.05) is 5.32 Å². The number of nitro benzene ring substituents is 1. The van der Waals surface area contributed by atoms with Crippen molar-refractivity contribution >= 4 is 34.6 Å². The second-order valence-electron chi connectivity index (χ2n) is 4.84. The topological polar surface area (TPSA) is 117 Å². The minimum atomic E-state index is -0.702. The maximum Gasteiger partial charge on any atom is 0.298 e. The fraction of sp³-hybridized carbons (Fsp3) is 0.0625. The highest BCUT2D eigenvalue weighted by molar-refractivity contribution is 6.30. The standard InChI is InChI=1S/C16H13ClN4O4/c1-10(22)15(16(23)18-12-5-3-2-4-6-12)20-19-13-8-7-11(17)9-14(13)21(24)25/h2-9,22H,1H3,(H,18,23)/b15-10+,20-19?. The van der Waals surface area contributed by atoms with Gasteiger partial charge in [-0.1, -0.05) is 29.8 Å². The number of aliphatic hydroxyl groups is 1. The molecule has 2 aromatic carbocycles. The van der Waals surface area contributed by atoms with Crippen LogP contribution in [0.25, 0.3) is 0 Å². The van der Waals surface area contributed by atoms with Gasteiger partial charge < -0.3 is 10.4 Å². The third kappa shape index (κ3) is 4.85. The van der Waals surface area contributed by atoms with E-state index in [1.165, 1.54) is 19.1 Å². The molecule has 9 heteroatoms. The molecule has 0 aliphatic carbocycles. The lowest BCUT2D eigenvalue weighted by molar-refractivity contribution is -0.384. The van der Waals surface area contributed by atoms with Crippen LogP contribution < -0.4 is 5.32 Å². The number of azo groups is 1. The Hall–Kier alpha value is -3.26. The number of benzene rings is 2. The second kappa shape index (κ2) is 8.02. The number of carbonyl (C=O) groups excluding carboxylic acids is 1. The van der Waals surface area contributed by atoms with E-state index in [-0.39, 0.29) is 27.9 Å². The Kier molecular flexibility index (Phi) is 5.80. The van der Waals surface area contributed by atoms with Gasteiger partial charge in [-0.05, 0) is 31.2 Å². The quantitative estimate of drug-likeness (QED) is 0.263. The molecule has 0 aromatic heterocycles. The molecule has 25 heavy (non-hydrogen) atoms. The molecule has 0 atom stereocenters. The van der Waals surface area contributed by atoms with Crippen molar-refractivity contribution in [1.29, 1.82) is 0 Å². The van der Waals surface area contributed by atoms with E-state index in [2.05, 4.69) is 15.5 Å². The Morgan fingerprint density at radius 3 is 2.52 bits per heavy atom. The van der Waals surface area contributed by atoms with Gasteiger partial charge in [-0.3, -0.25) is 14.9 Å². The average Bonchev–Trinajstić information content (AvgIpc) is 2.56. The number of halogens is 1. The lowest BCUT2D eigenvalue weighted by atomic mass is 10.3. The molecular weight excluding hydrogens is 348 g/mol. The maximum absolute atomic E-state index is 12.2. The minimum Gasteiger partial charge on any atom is -0.510 e. The zero-order chi connectivity index (χ0) is 18.4. The third-order valence-electron chi connectivity index (χ3n) is 2.98. The first kappa shape index (κ1) is 18.1. The van der Waals surface area contributed by atoms with Crippen molar-refractivity contribution < 1.29 is 14.8 Å². The SMILES string of the molecule is C/C(O)=C(\N=Nc1ccc(Cl)cc1[N+](=O)[O-])C(=O)Nc1ccccc1. The predicted octanol–water partition coefficient (Wildman–Crippen LogP) is 4.76. The minimum absolute atomic E-state index is 0.0966. The molecule has 8 nitrogen and oxygen atoms in total. The van der Waals surface area contributed by atoms with Gasteiger partial charge in [-0.15, -0.1) is 10.2 Å². The van der Waals surface area contributed by atoms with E-state index < -0.39 is 10.8 Å². The summed E-state index contributed by atoms with van der Waals surface area (Å²) >= 11 is 5.72. The molecule has 0 aliphatic heterocycles. The van der Waals surface area contributed by atoms with Crippen molar-refractivity contribution in [1.82, 2.24) is 0 Å². The van der Waals surface area contributed by atoms with E-state index in [0.29, 0.717) is 5.69 Å². The summed E-state index contributed by atoms with van der Waals surface area (Å²) in [6.45, 7) is 1.26. The highest BCUT2D eigenvalue weighted by Crippen LogP contribution is 2.31. The van der Waals surface area contributed by atoms with Crippen molar-refractivity contribution in [3.63, 3.8) is 0 Å². The summed E-state index contributed by atoms with van der Waals surface area (Å²) < 4.78 is 0. The second-order valence-corrected chi connectivity index (χ2v) is 5.28. The Bertz CT molecular complexity index is 862. The number of aliphatic hydroxyl groups excluding tert-OH is 1. The molecule has 2 aromatic rings. The first-order valence-corrected chi connectivity index (χ1v) is 7.38. The molecule has 0 bridgehead atoms. The number of nitrogens with one attached hydrogen (secondary N) is 1. The number of hydrogen-bond donors (Lipinski definition) is 2. The Morgan fingerprint density at radius 2 is 1.92 bits per heavy atom. The largest absolute Gasteiger partial charge is 0.510 e. The normalized spacial score (nSPS) is 11.9. The number of rotatable bonds is 5. The molecule has 0 spiro atoms. The number of amides is 1. The van der Waals surface area contributed by atoms with Gasteiger partial charge in [0.05, 0.1) is 4.92 Å². The highest BCUT2D eigenvalue weighted by atomic mass is 35.5. The maximum atomic E-state index is 12.2. The van der Waals surface area contributed by atoms with Gasteiger partial charge in [0, 0.05) is 16.8 Å². The summed E-state index contributed by atoms with van der Waals surface area (Å²) in [5.41, 5.74) is -0.331. The first-order chi connectivity index (χ1) is 11.9. The fourth-order valence-corrected chi connectivity index (χ4v) is 1.99. The molecule has 0 unspecified atom stereocenters. The van der Waals surface area contributed by atoms with Crippen LogP contribution in [-0.4, -0.2) is 15.9 Å². The summed E-state index contributed by atoms with van der Waals surface area (Å²) in [5.74, 6) is -1.08. The van der Waals surface area contributed by atoms with Crippen LogP contribution in [0.3, 0.4) is 0 Å². The third-order valence-corrected chi connectivity index (χ3v) is 3.22. The van der Waals surface area contributed by atoms with Crippen LogP contribution in [0, 0.1) is 10.1 Å². The summed E-state index contributed by atoms with van der Waals surface area (Å²) in [7, 11) is 0. The monoisotopic (exact) mass is 360 g/mol. The Labute approximate surface area is 147 Å². The molecule has 2 N–H and O–H groups in total. The lowest BCUT2D eigenvalue weighted by Crippen LogP contribution is -2.14. The molecular formula is C16H13ClN4O4. The average molecular weight is 361 g/mol. The molecule has 0 heterocycles. The van der Waals surface area contributed by atoms with Gasteiger partial charge >= 0.3 is 0 Å². The lowest BCUT2D eigenvalue weighted by Gasteiger charge is -2.05. The Balaban J connectivity index is 2.29. The zero-order valence-electron chi connectivity index (χ0n) is 13.0. The van der Waals surface area contributed by atoms with Crippen LogP contribution in [0.4, 0.5) is 17.1 Å². The highest BCUT2D eigenvalue weighted by Gasteiger charge is 2.17. The van der Waals surface area contributed by atoms with E-state index >= 15 is 0 Å². The smallest absolute Gasteiger partial charge is 0.298 e. The number of para-hydroxylation sites is 1. The van der Waals surface area contributed by atoms with Gasteiger partial charge in [0.15, 0.2) is 11.4 Å². The van der Waals surface area contributed by atoms with E-state index in [4.69, 9.17) is 11.6 Å². The van der Waals surface area contributed by atoms with Crippen molar-refractivity contribution in [3.8, 4) is 0 Å². The first-order valence-electron chi connectivity index (χ1n) is 7.00. The summed E-state index contributed by atoms with van der Waals surface area (Å²) in [5, 5.41) is 30.8. The molecule has 1 amide bonds. The molecule has 2 rings (SSSR count). The van der Waals surface area contributed by atoms with Crippen molar-refractivity contribution in [3.05, 3.63) is 75.1 Å². The number of allylic oxidation sites excluding steroid dienone is 1. The number of nitro groups is 1.